The smallest absolute Gasteiger partial charge is 0.269 e. The number of rotatable bonds is 7. The van der Waals surface area contributed by atoms with Crippen molar-refractivity contribution in [3.05, 3.63) is 125 Å². The molecule has 4 aromatic carbocycles. The van der Waals surface area contributed by atoms with Crippen molar-refractivity contribution in [3.8, 4) is 0 Å². The number of non-ortho nitro benzene ring substituents is 1. The van der Waals surface area contributed by atoms with Crippen LogP contribution in [-0.4, -0.2) is 16.1 Å². The molecule has 0 amide bonds. The van der Waals surface area contributed by atoms with Crippen LogP contribution in [0.25, 0.3) is 0 Å². The van der Waals surface area contributed by atoms with Gasteiger partial charge in [-0.25, -0.2) is 0 Å². The maximum atomic E-state index is 13.2. The molecule has 0 bridgehead atoms. The van der Waals surface area contributed by atoms with Crippen LogP contribution in [0.3, 0.4) is 0 Å². The summed E-state index contributed by atoms with van der Waals surface area (Å²) in [5.41, 5.74) is 0.750. The monoisotopic (exact) mass is 467 g/mol. The van der Waals surface area contributed by atoms with E-state index in [1.54, 1.807) is 0 Å². The summed E-state index contributed by atoms with van der Waals surface area (Å²) in [4.78, 5) is 23.7. The number of ketones is 1. The van der Waals surface area contributed by atoms with Crippen LogP contribution in [0, 0.1) is 10.1 Å². The summed E-state index contributed by atoms with van der Waals surface area (Å²) in [7, 11) is 0. The second kappa shape index (κ2) is 10.2. The first kappa shape index (κ1) is 23.0. The third-order valence-corrected chi connectivity index (χ3v) is 9.64. The Bertz CT molecular complexity index is 1280. The highest BCUT2D eigenvalue weighted by Gasteiger charge is 2.32. The minimum Gasteiger partial charge on any atom is -0.293 e. The molecule has 0 spiro atoms. The summed E-state index contributed by atoms with van der Waals surface area (Å²) in [6.45, 7) is -1.18. The Kier molecular flexibility index (Phi) is 6.90. The number of benzene rings is 4. The van der Waals surface area contributed by atoms with E-state index in [4.69, 9.17) is 0 Å². The number of carbonyl (C=O) groups is 1. The zero-order valence-electron chi connectivity index (χ0n) is 18.5. The summed E-state index contributed by atoms with van der Waals surface area (Å²) in [5, 5.41) is 22.8. The molecule has 7 heteroatoms. The minimum atomic E-state index is -2.68. The largest absolute Gasteiger partial charge is 0.293 e. The Labute approximate surface area is 197 Å². The first-order valence-corrected chi connectivity index (χ1v) is 12.4. The van der Waals surface area contributed by atoms with Gasteiger partial charge in [0.2, 0.25) is 0 Å². The SMILES string of the molecule is CC(=O)C(N=Nc1ccc([N+](=O)[O-])cc1)=P(c1ccccc1)(c1ccccc1)c1ccccc1. The number of nitro benzene ring substituents is 1. The summed E-state index contributed by atoms with van der Waals surface area (Å²) in [6, 6.07) is 35.5. The predicted molar refractivity (Wildman–Crippen MR) is 138 cm³/mol. The molecule has 0 aliphatic carbocycles. The zero-order valence-corrected chi connectivity index (χ0v) is 19.4. The minimum absolute atomic E-state index is 0.0329. The van der Waals surface area contributed by atoms with E-state index in [-0.39, 0.29) is 11.5 Å². The van der Waals surface area contributed by atoms with Crippen LogP contribution in [0.2, 0.25) is 0 Å². The van der Waals surface area contributed by atoms with Crippen molar-refractivity contribution in [2.24, 2.45) is 10.2 Å². The Morgan fingerprint density at radius 3 is 1.47 bits per heavy atom. The number of Topliss-reactive ketones (excluding diaryl/α,β-unsaturated/α-hetero) is 1. The molecule has 4 rings (SSSR count). The van der Waals surface area contributed by atoms with E-state index in [9.17, 15) is 14.9 Å². The second-order valence-electron chi connectivity index (χ2n) is 7.53. The maximum Gasteiger partial charge on any atom is 0.269 e. The van der Waals surface area contributed by atoms with Crippen molar-refractivity contribution in [2.75, 3.05) is 0 Å². The van der Waals surface area contributed by atoms with Gasteiger partial charge in [0.05, 0.1) is 10.6 Å². The van der Waals surface area contributed by atoms with Gasteiger partial charge in [0.1, 0.15) is 5.42 Å². The fourth-order valence-electron chi connectivity index (χ4n) is 3.89. The highest BCUT2D eigenvalue weighted by Crippen LogP contribution is 2.46. The van der Waals surface area contributed by atoms with E-state index in [2.05, 4.69) is 10.2 Å². The van der Waals surface area contributed by atoms with E-state index in [1.807, 2.05) is 91.0 Å². The quantitative estimate of drug-likeness (QED) is 0.158. The van der Waals surface area contributed by atoms with Gasteiger partial charge < -0.3 is 0 Å². The highest BCUT2D eigenvalue weighted by atomic mass is 31.2. The fraction of sp³-hybridized carbons (Fsp3) is 0.0370. The molecule has 0 N–H and O–H groups in total. The van der Waals surface area contributed by atoms with Gasteiger partial charge in [0, 0.05) is 25.9 Å². The zero-order chi connectivity index (χ0) is 24.0. The summed E-state index contributed by atoms with van der Waals surface area (Å²) in [6.07, 6.45) is 0. The molecule has 34 heavy (non-hydrogen) atoms. The van der Waals surface area contributed by atoms with Gasteiger partial charge in [-0.3, -0.25) is 14.9 Å². The third-order valence-electron chi connectivity index (χ3n) is 5.38. The van der Waals surface area contributed by atoms with Crippen molar-refractivity contribution in [1.82, 2.24) is 0 Å². The van der Waals surface area contributed by atoms with Crippen molar-refractivity contribution in [1.29, 1.82) is 0 Å². The van der Waals surface area contributed by atoms with Gasteiger partial charge in [-0.05, 0) is 28.0 Å². The first-order valence-electron chi connectivity index (χ1n) is 10.6. The van der Waals surface area contributed by atoms with E-state index in [1.165, 1.54) is 31.2 Å². The Hall–Kier alpha value is -4.15. The number of nitro groups is 1. The van der Waals surface area contributed by atoms with Gasteiger partial charge in [-0.15, -0.1) is 5.11 Å². The lowest BCUT2D eigenvalue weighted by molar-refractivity contribution is -0.384. The van der Waals surface area contributed by atoms with Crippen molar-refractivity contribution in [2.45, 2.75) is 6.92 Å². The van der Waals surface area contributed by atoms with Crippen molar-refractivity contribution < 1.29 is 9.72 Å². The van der Waals surface area contributed by atoms with Gasteiger partial charge in [-0.1, -0.05) is 91.0 Å². The molecule has 0 aliphatic heterocycles. The molecule has 0 fully saturated rings. The average Bonchev–Trinajstić information content (AvgIpc) is 2.88. The van der Waals surface area contributed by atoms with Crippen molar-refractivity contribution in [3.63, 3.8) is 0 Å². The van der Waals surface area contributed by atoms with E-state index in [0.717, 1.165) is 15.9 Å². The summed E-state index contributed by atoms with van der Waals surface area (Å²) < 4.78 is 0. The molecule has 0 heterocycles. The van der Waals surface area contributed by atoms with Crippen LogP contribution >= 0.6 is 6.89 Å². The van der Waals surface area contributed by atoms with Gasteiger partial charge in [0.25, 0.3) is 5.69 Å². The predicted octanol–water partition coefficient (Wildman–Crippen LogP) is 5.39. The summed E-state index contributed by atoms with van der Waals surface area (Å²) in [5.74, 6) is -0.185. The van der Waals surface area contributed by atoms with Gasteiger partial charge in [-0.2, -0.15) is 5.11 Å². The van der Waals surface area contributed by atoms with Crippen LogP contribution in [0.1, 0.15) is 6.92 Å². The van der Waals surface area contributed by atoms with Gasteiger partial charge in [0.15, 0.2) is 5.78 Å². The van der Waals surface area contributed by atoms with Crippen molar-refractivity contribution >= 4 is 45.4 Å². The molecule has 0 radical (unpaired) electrons. The molecule has 6 nitrogen and oxygen atoms in total. The molecule has 0 unspecified atom stereocenters. The molecule has 0 saturated carbocycles. The molecule has 0 aliphatic rings. The lowest BCUT2D eigenvalue weighted by Crippen LogP contribution is -2.32. The normalized spacial score (nSPS) is 11.3. The number of nitrogens with zero attached hydrogens (tertiary/aromatic N) is 3. The topological polar surface area (TPSA) is 84.9 Å². The maximum absolute atomic E-state index is 13.2. The van der Waals surface area contributed by atoms with Crippen LogP contribution < -0.4 is 15.9 Å². The standard InChI is InChI=1S/C27H22N3O3P/c1-21(31)27(29-28-22-17-19-23(20-18-22)30(32)33)34(24-11-5-2-6-12-24,25-13-7-3-8-14-25)26-15-9-4-10-16-26/h2-20H,1H3. The third kappa shape index (κ3) is 4.49. The van der Waals surface area contributed by atoms with E-state index < -0.39 is 11.8 Å². The number of hydrogen-bond donors (Lipinski definition) is 0. The number of azo groups is 1. The van der Waals surface area contributed by atoms with Crippen LogP contribution in [0.15, 0.2) is 125 Å². The lowest BCUT2D eigenvalue weighted by atomic mass is 10.3. The Balaban J connectivity index is 2.08. The summed E-state index contributed by atoms with van der Waals surface area (Å²) >= 11 is 0. The Morgan fingerprint density at radius 1 is 0.706 bits per heavy atom. The average molecular weight is 467 g/mol. The van der Waals surface area contributed by atoms with Crippen LogP contribution in [0.5, 0.6) is 0 Å². The first-order chi connectivity index (χ1) is 16.5. The van der Waals surface area contributed by atoms with E-state index in [0.29, 0.717) is 11.1 Å². The van der Waals surface area contributed by atoms with E-state index >= 15 is 0 Å². The van der Waals surface area contributed by atoms with Crippen LogP contribution in [0.4, 0.5) is 11.4 Å². The fourth-order valence-corrected chi connectivity index (χ4v) is 8.03. The molecule has 168 valence electrons. The Morgan fingerprint density at radius 2 is 1.12 bits per heavy atom. The molecule has 0 saturated heterocycles. The number of carbonyl (C=O) groups excluding carboxylic acids is 1. The molecular formula is C27H22N3O3P. The second-order valence-corrected chi connectivity index (χ2v) is 10.8. The molecular weight excluding hydrogens is 445 g/mol. The molecule has 0 aromatic heterocycles. The molecule has 0 atom stereocenters. The number of hydrogen-bond acceptors (Lipinski definition) is 4. The van der Waals surface area contributed by atoms with Crippen LogP contribution in [-0.2, 0) is 4.79 Å². The molecule has 4 aromatic rings. The van der Waals surface area contributed by atoms with Gasteiger partial charge >= 0.3 is 0 Å². The highest BCUT2D eigenvalue weighted by molar-refractivity contribution is 7.96. The lowest BCUT2D eigenvalue weighted by Gasteiger charge is -2.29.